The molecule has 1 aliphatic rings. The van der Waals surface area contributed by atoms with Gasteiger partial charge in [0.1, 0.15) is 0 Å². The lowest BCUT2D eigenvalue weighted by Gasteiger charge is -2.34. The van der Waals surface area contributed by atoms with Crippen LogP contribution >= 0.6 is 0 Å². The largest absolute Gasteiger partial charge is 0.395 e. The van der Waals surface area contributed by atoms with E-state index in [2.05, 4.69) is 18.7 Å². The molecule has 1 heterocycles. The first kappa shape index (κ1) is 13.5. The van der Waals surface area contributed by atoms with Gasteiger partial charge in [-0.1, -0.05) is 20.3 Å². The van der Waals surface area contributed by atoms with E-state index in [0.29, 0.717) is 12.3 Å². The average Bonchev–Trinajstić information content (AvgIpc) is 2.30. The van der Waals surface area contributed by atoms with Gasteiger partial charge in [0, 0.05) is 39.1 Å². The van der Waals surface area contributed by atoms with Crippen LogP contribution in [0.2, 0.25) is 0 Å². The smallest absolute Gasteiger partial charge is 0.222 e. The predicted octanol–water partition coefficient (Wildman–Crippen LogP) is 0.559. The minimum absolute atomic E-state index is 0.209. The van der Waals surface area contributed by atoms with Crippen molar-refractivity contribution in [2.24, 2.45) is 5.92 Å². The fourth-order valence-electron chi connectivity index (χ4n) is 1.93. The number of carbonyl (C=O) groups is 1. The van der Waals surface area contributed by atoms with E-state index in [1.165, 1.54) is 0 Å². The van der Waals surface area contributed by atoms with Crippen LogP contribution in [0.4, 0.5) is 0 Å². The van der Waals surface area contributed by atoms with Gasteiger partial charge >= 0.3 is 0 Å². The van der Waals surface area contributed by atoms with Crippen molar-refractivity contribution < 1.29 is 9.90 Å². The fraction of sp³-hybridized carbons (Fsp3) is 0.917. The zero-order valence-corrected chi connectivity index (χ0v) is 10.5. The summed E-state index contributed by atoms with van der Waals surface area (Å²) in [5, 5.41) is 8.82. The van der Waals surface area contributed by atoms with E-state index in [-0.39, 0.29) is 12.5 Å². The van der Waals surface area contributed by atoms with Gasteiger partial charge in [0.05, 0.1) is 6.61 Å². The summed E-state index contributed by atoms with van der Waals surface area (Å²) in [5.41, 5.74) is 0. The Morgan fingerprint density at radius 3 is 2.44 bits per heavy atom. The number of carbonyl (C=O) groups excluding carboxylic acids is 1. The van der Waals surface area contributed by atoms with Crippen molar-refractivity contribution in [3.8, 4) is 0 Å². The Kier molecular flexibility index (Phi) is 5.77. The summed E-state index contributed by atoms with van der Waals surface area (Å²) in [6.07, 6.45) is 1.74. The lowest BCUT2D eigenvalue weighted by Crippen LogP contribution is -2.49. The number of hydrogen-bond donors (Lipinski definition) is 1. The van der Waals surface area contributed by atoms with Gasteiger partial charge in [0.25, 0.3) is 0 Å². The second kappa shape index (κ2) is 6.86. The molecule has 0 aromatic heterocycles. The number of aliphatic hydroxyl groups excluding tert-OH is 1. The minimum atomic E-state index is 0.209. The molecule has 4 heteroatoms. The molecule has 1 amide bonds. The maximum Gasteiger partial charge on any atom is 0.222 e. The fourth-order valence-corrected chi connectivity index (χ4v) is 1.93. The lowest BCUT2D eigenvalue weighted by atomic mass is 10.0. The second-order valence-electron chi connectivity index (χ2n) is 4.66. The number of aliphatic hydroxyl groups is 1. The van der Waals surface area contributed by atoms with E-state index in [1.807, 2.05) is 4.90 Å². The van der Waals surface area contributed by atoms with Crippen molar-refractivity contribution in [1.29, 1.82) is 0 Å². The first-order chi connectivity index (χ1) is 7.67. The van der Waals surface area contributed by atoms with Crippen molar-refractivity contribution in [2.75, 3.05) is 39.3 Å². The molecule has 94 valence electrons. The summed E-state index contributed by atoms with van der Waals surface area (Å²) in [5.74, 6) is 0.779. The molecule has 1 rings (SSSR count). The van der Waals surface area contributed by atoms with Crippen LogP contribution < -0.4 is 0 Å². The van der Waals surface area contributed by atoms with Crippen molar-refractivity contribution in [3.63, 3.8) is 0 Å². The highest BCUT2D eigenvalue weighted by Crippen LogP contribution is 2.11. The first-order valence-corrected chi connectivity index (χ1v) is 6.28. The van der Waals surface area contributed by atoms with Gasteiger partial charge < -0.3 is 10.0 Å². The van der Waals surface area contributed by atoms with Crippen LogP contribution in [0.3, 0.4) is 0 Å². The molecular weight excluding hydrogens is 204 g/mol. The summed E-state index contributed by atoms with van der Waals surface area (Å²) < 4.78 is 0. The summed E-state index contributed by atoms with van der Waals surface area (Å²) in [7, 11) is 0. The molecule has 16 heavy (non-hydrogen) atoms. The highest BCUT2D eigenvalue weighted by molar-refractivity contribution is 5.76. The van der Waals surface area contributed by atoms with Gasteiger partial charge in [0.2, 0.25) is 5.91 Å². The third-order valence-corrected chi connectivity index (χ3v) is 3.36. The molecule has 1 saturated heterocycles. The Hall–Kier alpha value is -0.610. The molecule has 4 nitrogen and oxygen atoms in total. The average molecular weight is 228 g/mol. The van der Waals surface area contributed by atoms with Crippen LogP contribution in [0.1, 0.15) is 26.7 Å². The predicted molar refractivity (Wildman–Crippen MR) is 64.2 cm³/mol. The molecule has 0 saturated carbocycles. The SMILES string of the molecule is CCC(C)CC(=O)N1CCN(CCO)CC1. The second-order valence-corrected chi connectivity index (χ2v) is 4.66. The van der Waals surface area contributed by atoms with E-state index in [4.69, 9.17) is 5.11 Å². The molecule has 0 radical (unpaired) electrons. The van der Waals surface area contributed by atoms with E-state index < -0.39 is 0 Å². The summed E-state index contributed by atoms with van der Waals surface area (Å²) in [6.45, 7) is 8.61. The van der Waals surface area contributed by atoms with Crippen LogP contribution in [-0.4, -0.2) is 60.1 Å². The molecule has 1 fully saturated rings. The Balaban J connectivity index is 2.27. The van der Waals surface area contributed by atoms with E-state index in [0.717, 1.165) is 39.1 Å². The van der Waals surface area contributed by atoms with Crippen LogP contribution in [0, 0.1) is 5.92 Å². The standard InChI is InChI=1S/C12H24N2O2/c1-3-11(2)10-12(16)14-6-4-13(5-7-14)8-9-15/h11,15H,3-10H2,1-2H3. The van der Waals surface area contributed by atoms with Gasteiger partial charge in [0.15, 0.2) is 0 Å². The Morgan fingerprint density at radius 1 is 1.31 bits per heavy atom. The van der Waals surface area contributed by atoms with Crippen molar-refractivity contribution in [3.05, 3.63) is 0 Å². The monoisotopic (exact) mass is 228 g/mol. The molecule has 1 unspecified atom stereocenters. The molecule has 0 spiro atoms. The van der Waals surface area contributed by atoms with Gasteiger partial charge in [-0.3, -0.25) is 9.69 Å². The molecule has 1 N–H and O–H groups in total. The molecular formula is C12H24N2O2. The highest BCUT2D eigenvalue weighted by Gasteiger charge is 2.21. The van der Waals surface area contributed by atoms with Crippen molar-refractivity contribution in [1.82, 2.24) is 9.80 Å². The highest BCUT2D eigenvalue weighted by atomic mass is 16.3. The third-order valence-electron chi connectivity index (χ3n) is 3.36. The molecule has 0 aliphatic carbocycles. The molecule has 0 aromatic carbocycles. The van der Waals surface area contributed by atoms with Crippen LogP contribution in [0.15, 0.2) is 0 Å². The minimum Gasteiger partial charge on any atom is -0.395 e. The maximum atomic E-state index is 11.9. The van der Waals surface area contributed by atoms with Gasteiger partial charge in [-0.05, 0) is 5.92 Å². The van der Waals surface area contributed by atoms with Crippen molar-refractivity contribution >= 4 is 5.91 Å². The van der Waals surface area contributed by atoms with Gasteiger partial charge in [-0.25, -0.2) is 0 Å². The first-order valence-electron chi connectivity index (χ1n) is 6.28. The van der Waals surface area contributed by atoms with Crippen LogP contribution in [-0.2, 0) is 4.79 Å². The maximum absolute atomic E-state index is 11.9. The van der Waals surface area contributed by atoms with Crippen LogP contribution in [0.5, 0.6) is 0 Å². The Morgan fingerprint density at radius 2 is 1.94 bits per heavy atom. The number of nitrogens with zero attached hydrogens (tertiary/aromatic N) is 2. The third kappa shape index (κ3) is 4.10. The zero-order chi connectivity index (χ0) is 12.0. The number of piperazine rings is 1. The van der Waals surface area contributed by atoms with Gasteiger partial charge in [-0.2, -0.15) is 0 Å². The Bertz CT molecular complexity index is 213. The van der Waals surface area contributed by atoms with E-state index in [9.17, 15) is 4.79 Å². The number of rotatable bonds is 5. The zero-order valence-electron chi connectivity index (χ0n) is 10.5. The molecule has 0 aromatic rings. The summed E-state index contributed by atoms with van der Waals surface area (Å²) in [6, 6.07) is 0. The lowest BCUT2D eigenvalue weighted by molar-refractivity contribution is -0.133. The van der Waals surface area contributed by atoms with Crippen molar-refractivity contribution in [2.45, 2.75) is 26.7 Å². The number of amides is 1. The summed E-state index contributed by atoms with van der Waals surface area (Å²) >= 11 is 0. The van der Waals surface area contributed by atoms with Crippen LogP contribution in [0.25, 0.3) is 0 Å². The number of hydrogen-bond acceptors (Lipinski definition) is 3. The topological polar surface area (TPSA) is 43.8 Å². The normalized spacial score (nSPS) is 19.8. The quantitative estimate of drug-likeness (QED) is 0.748. The molecule has 1 atom stereocenters. The molecule has 0 bridgehead atoms. The molecule has 1 aliphatic heterocycles. The Labute approximate surface area is 98.2 Å². The van der Waals surface area contributed by atoms with Gasteiger partial charge in [-0.15, -0.1) is 0 Å². The van der Waals surface area contributed by atoms with E-state index in [1.54, 1.807) is 0 Å². The summed E-state index contributed by atoms with van der Waals surface area (Å²) in [4.78, 5) is 16.0. The number of β-amino-alcohol motifs (C(OH)–C–C–N with tert-alkyl or cyclic N) is 1. The van der Waals surface area contributed by atoms with E-state index >= 15 is 0 Å².